The monoisotopic (exact) mass is 304 g/mol. The molecule has 0 aliphatic carbocycles. The van der Waals surface area contributed by atoms with Crippen LogP contribution in [-0.4, -0.2) is 34.9 Å². The molecule has 0 radical (unpaired) electrons. The lowest BCUT2D eigenvalue weighted by Crippen LogP contribution is -2.44. The molecule has 100 valence electrons. The number of halogens is 3. The van der Waals surface area contributed by atoms with Crippen molar-refractivity contribution in [3.8, 4) is 0 Å². The number of esters is 1. The first-order chi connectivity index (χ1) is 7.82. The maximum atomic E-state index is 11.3. The van der Waals surface area contributed by atoms with E-state index in [2.05, 4.69) is 0 Å². The molecule has 7 heteroatoms. The lowest BCUT2D eigenvalue weighted by Gasteiger charge is -2.36. The average Bonchev–Trinajstić information content (AvgIpc) is 2.15. The van der Waals surface area contributed by atoms with Crippen molar-refractivity contribution in [3.63, 3.8) is 0 Å². The normalized spacial score (nSPS) is 30.1. The first-order valence-corrected chi connectivity index (χ1v) is 6.49. The third kappa shape index (κ3) is 5.18. The molecule has 0 bridgehead atoms. The first kappa shape index (κ1) is 15.3. The highest BCUT2D eigenvalue weighted by Gasteiger charge is 2.41. The van der Waals surface area contributed by atoms with E-state index in [-0.39, 0.29) is 24.6 Å². The second-order valence-electron chi connectivity index (χ2n) is 3.82. The van der Waals surface area contributed by atoms with Gasteiger partial charge in [0, 0.05) is 6.42 Å². The number of hydrogen-bond donors (Lipinski definition) is 0. The Morgan fingerprint density at radius 3 is 2.59 bits per heavy atom. The fourth-order valence-corrected chi connectivity index (χ4v) is 1.90. The van der Waals surface area contributed by atoms with E-state index in [1.54, 1.807) is 6.92 Å². The predicted octanol–water partition coefficient (Wildman–Crippen LogP) is 2.83. The third-order valence-electron chi connectivity index (χ3n) is 2.23. The molecule has 0 saturated carbocycles. The Kier molecular flexibility index (Phi) is 5.80. The fraction of sp³-hybridized carbons (Fsp3) is 0.900. The van der Waals surface area contributed by atoms with Crippen LogP contribution in [0, 0.1) is 0 Å². The Balaban J connectivity index is 2.53. The van der Waals surface area contributed by atoms with Crippen LogP contribution in [0.15, 0.2) is 0 Å². The molecule has 1 rings (SSSR count). The van der Waals surface area contributed by atoms with Gasteiger partial charge in [0.15, 0.2) is 0 Å². The van der Waals surface area contributed by atoms with Crippen molar-refractivity contribution in [2.24, 2.45) is 0 Å². The minimum absolute atomic E-state index is 0.135. The largest absolute Gasteiger partial charge is 0.466 e. The van der Waals surface area contributed by atoms with Gasteiger partial charge in [-0.15, -0.1) is 0 Å². The molecule has 0 spiro atoms. The topological polar surface area (TPSA) is 44.8 Å². The van der Waals surface area contributed by atoms with Gasteiger partial charge < -0.3 is 14.2 Å². The minimum Gasteiger partial charge on any atom is -0.466 e. The summed E-state index contributed by atoms with van der Waals surface area (Å²) < 4.78 is 13.9. The quantitative estimate of drug-likeness (QED) is 0.594. The molecule has 1 aliphatic heterocycles. The summed E-state index contributed by atoms with van der Waals surface area (Å²) in [4.78, 5) is 11.3. The van der Waals surface area contributed by atoms with E-state index in [1.807, 2.05) is 6.92 Å². The fourth-order valence-electron chi connectivity index (χ4n) is 1.59. The van der Waals surface area contributed by atoms with E-state index in [9.17, 15) is 4.79 Å². The molecule has 3 atom stereocenters. The van der Waals surface area contributed by atoms with Crippen LogP contribution in [0.3, 0.4) is 0 Å². The second kappa shape index (κ2) is 6.43. The van der Waals surface area contributed by atoms with Crippen LogP contribution in [0.1, 0.15) is 26.7 Å². The Morgan fingerprint density at radius 2 is 2.06 bits per heavy atom. The second-order valence-corrected chi connectivity index (χ2v) is 6.19. The smallest absolute Gasteiger partial charge is 0.308 e. The van der Waals surface area contributed by atoms with Crippen molar-refractivity contribution in [2.75, 3.05) is 6.61 Å². The first-order valence-electron chi connectivity index (χ1n) is 5.36. The molecule has 17 heavy (non-hydrogen) atoms. The van der Waals surface area contributed by atoms with Crippen LogP contribution in [0.5, 0.6) is 0 Å². The van der Waals surface area contributed by atoms with Crippen molar-refractivity contribution in [1.82, 2.24) is 0 Å². The van der Waals surface area contributed by atoms with Crippen LogP contribution in [-0.2, 0) is 19.0 Å². The lowest BCUT2D eigenvalue weighted by molar-refractivity contribution is -0.237. The van der Waals surface area contributed by atoms with Crippen molar-refractivity contribution in [2.45, 2.75) is 49.0 Å². The van der Waals surface area contributed by atoms with Crippen LogP contribution < -0.4 is 0 Å². The highest BCUT2D eigenvalue weighted by atomic mass is 35.6. The molecule has 1 saturated heterocycles. The van der Waals surface area contributed by atoms with Crippen molar-refractivity contribution in [3.05, 3.63) is 0 Å². The van der Waals surface area contributed by atoms with Gasteiger partial charge in [0.1, 0.15) is 0 Å². The van der Waals surface area contributed by atoms with Crippen molar-refractivity contribution in [1.29, 1.82) is 0 Å². The Labute approximate surface area is 115 Å². The van der Waals surface area contributed by atoms with E-state index < -0.39 is 10.1 Å². The number of alkyl halides is 3. The summed E-state index contributed by atoms with van der Waals surface area (Å²) in [6.45, 7) is 3.92. The SMILES string of the molecule is CCOC(=O)C[C@H]1C[C@@H](C)O[C@@H](C(Cl)(Cl)Cl)O1. The molecular weight excluding hydrogens is 290 g/mol. The van der Waals surface area contributed by atoms with Gasteiger partial charge in [0.2, 0.25) is 10.1 Å². The zero-order chi connectivity index (χ0) is 13.1. The number of carbonyl (C=O) groups is 1. The molecular formula is C10H15Cl3O4. The molecule has 4 nitrogen and oxygen atoms in total. The molecule has 1 fully saturated rings. The number of carbonyl (C=O) groups excluding carboxylic acids is 1. The summed E-state index contributed by atoms with van der Waals surface area (Å²) >= 11 is 17.1. The molecule has 0 aromatic carbocycles. The Hall–Kier alpha value is 0.260. The average molecular weight is 306 g/mol. The highest BCUT2D eigenvalue weighted by molar-refractivity contribution is 6.67. The zero-order valence-electron chi connectivity index (χ0n) is 9.62. The van der Waals surface area contributed by atoms with Crippen LogP contribution >= 0.6 is 34.8 Å². The molecule has 0 aromatic heterocycles. The molecule has 0 amide bonds. The maximum absolute atomic E-state index is 11.3. The molecule has 1 heterocycles. The van der Waals surface area contributed by atoms with Gasteiger partial charge >= 0.3 is 5.97 Å². The molecule has 0 aromatic rings. The van der Waals surface area contributed by atoms with Gasteiger partial charge in [-0.1, -0.05) is 34.8 Å². The Morgan fingerprint density at radius 1 is 1.41 bits per heavy atom. The minimum atomic E-state index is -1.67. The van der Waals surface area contributed by atoms with Crippen molar-refractivity contribution < 1.29 is 19.0 Å². The number of ether oxygens (including phenoxy) is 3. The van der Waals surface area contributed by atoms with Gasteiger partial charge in [-0.2, -0.15) is 0 Å². The van der Waals surface area contributed by atoms with E-state index >= 15 is 0 Å². The molecule has 0 N–H and O–H groups in total. The summed E-state index contributed by atoms with van der Waals surface area (Å²) in [5.41, 5.74) is 0. The molecule has 0 unspecified atom stereocenters. The maximum Gasteiger partial charge on any atom is 0.308 e. The van der Waals surface area contributed by atoms with Crippen LogP contribution in [0.4, 0.5) is 0 Å². The van der Waals surface area contributed by atoms with Gasteiger partial charge in [-0.25, -0.2) is 0 Å². The van der Waals surface area contributed by atoms with Gasteiger partial charge in [0.05, 0.1) is 25.2 Å². The number of hydrogen-bond acceptors (Lipinski definition) is 4. The third-order valence-corrected chi connectivity index (χ3v) is 2.77. The van der Waals surface area contributed by atoms with E-state index in [0.717, 1.165) is 0 Å². The summed E-state index contributed by atoms with van der Waals surface area (Å²) in [7, 11) is 0. The molecule has 1 aliphatic rings. The van der Waals surface area contributed by atoms with Crippen LogP contribution in [0.2, 0.25) is 0 Å². The van der Waals surface area contributed by atoms with Crippen LogP contribution in [0.25, 0.3) is 0 Å². The van der Waals surface area contributed by atoms with E-state index in [4.69, 9.17) is 49.0 Å². The van der Waals surface area contributed by atoms with E-state index in [0.29, 0.717) is 13.0 Å². The summed E-state index contributed by atoms with van der Waals surface area (Å²) in [5.74, 6) is -0.324. The van der Waals surface area contributed by atoms with Gasteiger partial charge in [-0.05, 0) is 13.8 Å². The summed E-state index contributed by atoms with van der Waals surface area (Å²) in [6, 6.07) is 0. The van der Waals surface area contributed by atoms with Crippen molar-refractivity contribution >= 4 is 40.8 Å². The zero-order valence-corrected chi connectivity index (χ0v) is 11.9. The van der Waals surface area contributed by atoms with Gasteiger partial charge in [0.25, 0.3) is 0 Å². The summed E-state index contributed by atoms with van der Waals surface area (Å²) in [5, 5.41) is 0. The summed E-state index contributed by atoms with van der Waals surface area (Å²) in [6.07, 6.45) is -0.743. The lowest BCUT2D eigenvalue weighted by atomic mass is 10.1. The number of rotatable bonds is 3. The predicted molar refractivity (Wildman–Crippen MR) is 65.4 cm³/mol. The van der Waals surface area contributed by atoms with E-state index in [1.165, 1.54) is 0 Å². The highest BCUT2D eigenvalue weighted by Crippen LogP contribution is 2.37. The standard InChI is InChI=1S/C10H15Cl3O4/c1-3-15-8(14)5-7-4-6(2)16-9(17-7)10(11,12)13/h6-7,9H,3-5H2,1-2H3/t6-,7-,9-/m1/s1. The Bertz CT molecular complexity index is 267. The van der Waals surface area contributed by atoms with Gasteiger partial charge in [-0.3, -0.25) is 4.79 Å².